The number of ether oxygens (including phenoxy) is 2. The van der Waals surface area contributed by atoms with Gasteiger partial charge in [-0.25, -0.2) is 29.5 Å². The third kappa shape index (κ3) is 4.05. The van der Waals surface area contributed by atoms with Crippen LogP contribution in [0.5, 0.6) is 0 Å². The van der Waals surface area contributed by atoms with Crippen LogP contribution in [0.2, 0.25) is 0 Å². The molecule has 4 aromatic heterocycles. The lowest BCUT2D eigenvalue weighted by Gasteiger charge is -2.04. The van der Waals surface area contributed by atoms with Crippen LogP contribution in [0.1, 0.15) is 39.4 Å². The molecule has 0 aromatic carbocycles. The topological polar surface area (TPSA) is 156 Å². The highest BCUT2D eigenvalue weighted by Crippen LogP contribution is 2.29. The van der Waals surface area contributed by atoms with Crippen molar-refractivity contribution < 1.29 is 23.5 Å². The molecule has 0 unspecified atom stereocenters. The molecule has 158 valence electrons. The number of nitrogen functional groups attached to an aromatic ring is 1. The van der Waals surface area contributed by atoms with Gasteiger partial charge in [0.1, 0.15) is 17.1 Å². The van der Waals surface area contributed by atoms with Crippen LogP contribution in [-0.2, 0) is 16.1 Å². The Kier molecular flexibility index (Phi) is 5.54. The van der Waals surface area contributed by atoms with E-state index in [9.17, 15) is 9.59 Å². The Labute approximate surface area is 179 Å². The number of carbonyl (C=O) groups is 2. The predicted octanol–water partition coefficient (Wildman–Crippen LogP) is 2.56. The lowest BCUT2D eigenvalue weighted by Crippen LogP contribution is -2.10. The van der Waals surface area contributed by atoms with Gasteiger partial charge in [0.15, 0.2) is 29.0 Å². The van der Waals surface area contributed by atoms with Crippen LogP contribution in [0.25, 0.3) is 21.9 Å². The summed E-state index contributed by atoms with van der Waals surface area (Å²) in [6.45, 7) is 3.24. The fraction of sp³-hybridized carbons (Fsp3) is 0.211. The third-order valence-corrected chi connectivity index (χ3v) is 4.92. The molecule has 12 heteroatoms. The van der Waals surface area contributed by atoms with E-state index in [0.29, 0.717) is 16.6 Å². The number of thiazole rings is 1. The molecule has 0 bridgehead atoms. The van der Waals surface area contributed by atoms with E-state index in [-0.39, 0.29) is 47.2 Å². The Hall–Kier alpha value is -3.93. The summed E-state index contributed by atoms with van der Waals surface area (Å²) in [6, 6.07) is 1.69. The number of nitrogens with two attached hydrogens (primary N) is 1. The van der Waals surface area contributed by atoms with Gasteiger partial charge in [-0.3, -0.25) is 0 Å². The molecule has 0 saturated heterocycles. The molecule has 0 aliphatic rings. The number of fused-ring (bicyclic) bond motifs is 1. The minimum atomic E-state index is -0.663. The number of hydrogen-bond acceptors (Lipinski definition) is 12. The van der Waals surface area contributed by atoms with Crippen molar-refractivity contribution in [1.82, 2.24) is 24.9 Å². The first-order valence-electron chi connectivity index (χ1n) is 9.10. The lowest BCUT2D eigenvalue weighted by molar-refractivity contribution is 0.0455. The zero-order valence-corrected chi connectivity index (χ0v) is 17.3. The molecule has 11 nitrogen and oxygen atoms in total. The molecule has 0 radical (unpaired) electrons. The SMILES string of the molecule is CCOC(=O)c1c(C)oc2nc(COC(=O)c3csc(-c4ncccn4)n3)nc(N)c12. The van der Waals surface area contributed by atoms with Gasteiger partial charge in [0.25, 0.3) is 0 Å². The molecule has 0 spiro atoms. The second kappa shape index (κ2) is 8.44. The molecule has 0 saturated carbocycles. The fourth-order valence-electron chi connectivity index (χ4n) is 2.78. The summed E-state index contributed by atoms with van der Waals surface area (Å²) < 4.78 is 15.8. The van der Waals surface area contributed by atoms with Crippen LogP contribution in [0.15, 0.2) is 28.3 Å². The van der Waals surface area contributed by atoms with Crippen molar-refractivity contribution in [3.63, 3.8) is 0 Å². The van der Waals surface area contributed by atoms with Crippen molar-refractivity contribution in [2.24, 2.45) is 0 Å². The molecule has 4 rings (SSSR count). The number of hydrogen-bond donors (Lipinski definition) is 1. The van der Waals surface area contributed by atoms with Crippen LogP contribution in [-0.4, -0.2) is 43.5 Å². The summed E-state index contributed by atoms with van der Waals surface area (Å²) in [5, 5.41) is 2.30. The van der Waals surface area contributed by atoms with Gasteiger partial charge in [-0.05, 0) is 19.9 Å². The quantitative estimate of drug-likeness (QED) is 0.439. The number of anilines is 1. The number of nitrogens with zero attached hydrogens (tertiary/aromatic N) is 5. The highest BCUT2D eigenvalue weighted by atomic mass is 32.1. The minimum absolute atomic E-state index is 0.0214. The van der Waals surface area contributed by atoms with E-state index in [1.807, 2.05) is 0 Å². The standard InChI is InChI=1S/C19H16N6O5S/c1-3-28-19(27)12-9(2)30-16-13(12)14(20)24-11(25-16)7-29-18(26)10-8-31-17(23-10)15-21-5-4-6-22-15/h4-6,8H,3,7H2,1-2H3,(H2,20,24,25). The molecule has 4 heterocycles. The molecule has 4 aromatic rings. The average Bonchev–Trinajstić information content (AvgIpc) is 3.37. The Balaban J connectivity index is 1.51. The normalized spacial score (nSPS) is 10.9. The van der Waals surface area contributed by atoms with Gasteiger partial charge < -0.3 is 19.6 Å². The van der Waals surface area contributed by atoms with Gasteiger partial charge in [-0.2, -0.15) is 4.98 Å². The summed E-state index contributed by atoms with van der Waals surface area (Å²) in [5.41, 5.74) is 6.40. The van der Waals surface area contributed by atoms with E-state index in [4.69, 9.17) is 19.6 Å². The monoisotopic (exact) mass is 440 g/mol. The third-order valence-electron chi connectivity index (χ3n) is 4.08. The highest BCUT2D eigenvalue weighted by Gasteiger charge is 2.24. The first kappa shape index (κ1) is 20.3. The molecular formula is C19H16N6O5S. The van der Waals surface area contributed by atoms with Crippen molar-refractivity contribution in [3.05, 3.63) is 46.7 Å². The predicted molar refractivity (Wildman–Crippen MR) is 109 cm³/mol. The Morgan fingerprint density at radius 2 is 1.90 bits per heavy atom. The first-order valence-corrected chi connectivity index (χ1v) is 9.98. The maximum atomic E-state index is 12.3. The van der Waals surface area contributed by atoms with Gasteiger partial charge >= 0.3 is 11.9 Å². The average molecular weight is 440 g/mol. The number of rotatable bonds is 6. The van der Waals surface area contributed by atoms with Crippen molar-refractivity contribution in [1.29, 1.82) is 0 Å². The number of carbonyl (C=O) groups excluding carboxylic acids is 2. The van der Waals surface area contributed by atoms with Crippen molar-refractivity contribution in [2.75, 3.05) is 12.3 Å². The first-order chi connectivity index (χ1) is 15.0. The van der Waals surface area contributed by atoms with Crippen LogP contribution < -0.4 is 5.73 Å². The van der Waals surface area contributed by atoms with E-state index in [1.165, 1.54) is 11.3 Å². The highest BCUT2D eigenvalue weighted by molar-refractivity contribution is 7.13. The Bertz CT molecular complexity index is 1270. The van der Waals surface area contributed by atoms with E-state index < -0.39 is 11.9 Å². The lowest BCUT2D eigenvalue weighted by atomic mass is 10.2. The Morgan fingerprint density at radius 3 is 2.65 bits per heavy atom. The largest absolute Gasteiger partial charge is 0.462 e. The molecule has 0 aliphatic heterocycles. The molecule has 0 fully saturated rings. The van der Waals surface area contributed by atoms with E-state index in [1.54, 1.807) is 37.7 Å². The summed E-state index contributed by atoms with van der Waals surface area (Å²) in [4.78, 5) is 45.2. The van der Waals surface area contributed by atoms with Gasteiger partial charge in [0.2, 0.25) is 5.71 Å². The van der Waals surface area contributed by atoms with Gasteiger partial charge in [-0.1, -0.05) is 0 Å². The van der Waals surface area contributed by atoms with Crippen molar-refractivity contribution in [2.45, 2.75) is 20.5 Å². The fourth-order valence-corrected chi connectivity index (χ4v) is 3.51. The van der Waals surface area contributed by atoms with Crippen LogP contribution in [0.4, 0.5) is 5.82 Å². The van der Waals surface area contributed by atoms with E-state index >= 15 is 0 Å². The van der Waals surface area contributed by atoms with Crippen molar-refractivity contribution >= 4 is 40.2 Å². The summed E-state index contributed by atoms with van der Waals surface area (Å²) >= 11 is 1.22. The second-order valence-electron chi connectivity index (χ2n) is 6.15. The second-order valence-corrected chi connectivity index (χ2v) is 7.00. The molecule has 31 heavy (non-hydrogen) atoms. The van der Waals surface area contributed by atoms with Crippen LogP contribution in [0.3, 0.4) is 0 Å². The van der Waals surface area contributed by atoms with Crippen LogP contribution >= 0.6 is 11.3 Å². The van der Waals surface area contributed by atoms with Gasteiger partial charge in [-0.15, -0.1) is 11.3 Å². The molecule has 0 amide bonds. The van der Waals surface area contributed by atoms with E-state index in [2.05, 4.69) is 24.9 Å². The number of aromatic nitrogens is 5. The number of esters is 2. The summed E-state index contributed by atoms with van der Waals surface area (Å²) in [5.74, 6) is -0.378. The maximum Gasteiger partial charge on any atom is 0.358 e. The molecule has 0 atom stereocenters. The summed E-state index contributed by atoms with van der Waals surface area (Å²) in [6.07, 6.45) is 3.17. The summed E-state index contributed by atoms with van der Waals surface area (Å²) in [7, 11) is 0. The van der Waals surface area contributed by atoms with Gasteiger partial charge in [0, 0.05) is 17.8 Å². The molecular weight excluding hydrogens is 424 g/mol. The maximum absolute atomic E-state index is 12.3. The zero-order valence-electron chi connectivity index (χ0n) is 16.5. The molecule has 2 N–H and O–H groups in total. The van der Waals surface area contributed by atoms with Crippen molar-refractivity contribution in [3.8, 4) is 10.8 Å². The Morgan fingerprint density at radius 1 is 1.13 bits per heavy atom. The number of furan rings is 1. The van der Waals surface area contributed by atoms with E-state index in [0.717, 1.165) is 0 Å². The minimum Gasteiger partial charge on any atom is -0.462 e. The van der Waals surface area contributed by atoms with Gasteiger partial charge in [0.05, 0.1) is 12.0 Å². The zero-order chi connectivity index (χ0) is 22.0. The smallest absolute Gasteiger partial charge is 0.358 e. The van der Waals surface area contributed by atoms with Crippen LogP contribution in [0, 0.1) is 6.92 Å². The molecule has 0 aliphatic carbocycles. The number of aryl methyl sites for hydroxylation is 1.